The van der Waals surface area contributed by atoms with E-state index in [2.05, 4.69) is 113 Å². The Kier molecular flexibility index (Phi) is 3.14. The largest absolute Gasteiger partial charge is 0.456 e. The monoisotopic (exact) mass is 422 g/mol. The Morgan fingerprint density at radius 2 is 1.15 bits per heavy atom. The van der Waals surface area contributed by atoms with Crippen LogP contribution in [0.25, 0.3) is 49.4 Å². The summed E-state index contributed by atoms with van der Waals surface area (Å²) in [5.74, 6) is 0. The molecule has 0 fully saturated rings. The number of aromatic nitrogens is 1. The van der Waals surface area contributed by atoms with Gasteiger partial charge in [-0.2, -0.15) is 0 Å². The van der Waals surface area contributed by atoms with Crippen molar-refractivity contribution in [3.05, 3.63) is 109 Å². The van der Waals surface area contributed by atoms with E-state index in [0.717, 1.165) is 22.2 Å². The van der Waals surface area contributed by atoms with Gasteiger partial charge in [-0.25, -0.2) is 0 Å². The Morgan fingerprint density at radius 1 is 0.455 bits per heavy atom. The molecule has 0 saturated heterocycles. The van der Waals surface area contributed by atoms with Gasteiger partial charge in [-0.3, -0.25) is 0 Å². The van der Waals surface area contributed by atoms with Crippen molar-refractivity contribution in [2.45, 2.75) is 0 Å². The average Bonchev–Trinajstić information content (AvgIpc) is 3.42. The van der Waals surface area contributed by atoms with Gasteiger partial charge in [-0.1, -0.05) is 60.7 Å². The lowest BCUT2D eigenvalue weighted by Crippen LogP contribution is -2.17. The van der Waals surface area contributed by atoms with Crippen molar-refractivity contribution in [3.8, 4) is 5.69 Å². The molecule has 7 aromatic rings. The van der Waals surface area contributed by atoms with E-state index in [1.807, 2.05) is 6.07 Å². The van der Waals surface area contributed by atoms with Gasteiger partial charge in [0.2, 0.25) is 0 Å². The number of hydrogen-bond donors (Lipinski definition) is 0. The van der Waals surface area contributed by atoms with E-state index in [4.69, 9.17) is 4.42 Å². The van der Waals surface area contributed by atoms with Gasteiger partial charge in [-0.15, -0.1) is 0 Å². The van der Waals surface area contributed by atoms with Crippen LogP contribution >= 0.6 is 0 Å². The first-order valence-electron chi connectivity index (χ1n) is 11.2. The molecule has 3 heterocycles. The van der Waals surface area contributed by atoms with E-state index in [9.17, 15) is 0 Å². The third kappa shape index (κ3) is 2.09. The zero-order valence-corrected chi connectivity index (χ0v) is 17.7. The summed E-state index contributed by atoms with van der Waals surface area (Å²) in [5.41, 5.74) is 8.99. The summed E-state index contributed by atoms with van der Waals surface area (Å²) in [7, 11) is 0. The van der Waals surface area contributed by atoms with Crippen LogP contribution in [0.3, 0.4) is 0 Å². The lowest BCUT2D eigenvalue weighted by molar-refractivity contribution is 0.669. The van der Waals surface area contributed by atoms with Crippen molar-refractivity contribution in [1.82, 2.24) is 4.57 Å². The maximum atomic E-state index is 6.26. The molecule has 0 saturated carbocycles. The van der Waals surface area contributed by atoms with E-state index < -0.39 is 0 Å². The molecule has 5 aromatic carbocycles. The molecule has 33 heavy (non-hydrogen) atoms. The lowest BCUT2D eigenvalue weighted by atomic mass is 10.1. The Hall–Kier alpha value is -4.50. The summed E-state index contributed by atoms with van der Waals surface area (Å²) >= 11 is 0. The number of anilines is 3. The van der Waals surface area contributed by atoms with Crippen molar-refractivity contribution in [3.63, 3.8) is 0 Å². The van der Waals surface area contributed by atoms with Crippen molar-refractivity contribution < 1.29 is 4.42 Å². The summed E-state index contributed by atoms with van der Waals surface area (Å²) < 4.78 is 8.70. The van der Waals surface area contributed by atoms with Gasteiger partial charge in [0.05, 0.1) is 33.5 Å². The van der Waals surface area contributed by atoms with Gasteiger partial charge < -0.3 is 13.9 Å². The number of para-hydroxylation sites is 5. The van der Waals surface area contributed by atoms with Gasteiger partial charge in [0.1, 0.15) is 11.2 Å². The first-order valence-corrected chi connectivity index (χ1v) is 11.2. The van der Waals surface area contributed by atoms with Gasteiger partial charge in [0, 0.05) is 21.8 Å². The first-order chi connectivity index (χ1) is 16.4. The predicted octanol–water partition coefficient (Wildman–Crippen LogP) is 8.47. The zero-order chi connectivity index (χ0) is 21.5. The van der Waals surface area contributed by atoms with E-state index in [1.165, 1.54) is 44.3 Å². The quantitative estimate of drug-likeness (QED) is 0.264. The number of benzene rings is 5. The fourth-order valence-corrected chi connectivity index (χ4v) is 5.59. The van der Waals surface area contributed by atoms with Crippen LogP contribution < -0.4 is 4.90 Å². The van der Waals surface area contributed by atoms with Gasteiger partial charge in [-0.05, 0) is 48.5 Å². The van der Waals surface area contributed by atoms with Crippen molar-refractivity contribution in [2.75, 3.05) is 4.90 Å². The van der Waals surface area contributed by atoms with E-state index in [-0.39, 0.29) is 0 Å². The van der Waals surface area contributed by atoms with Crippen LogP contribution in [0.2, 0.25) is 0 Å². The minimum absolute atomic E-state index is 0.923. The molecule has 0 unspecified atom stereocenters. The number of rotatable bonds is 1. The van der Waals surface area contributed by atoms with E-state index in [0.29, 0.717) is 0 Å². The molecule has 0 radical (unpaired) electrons. The topological polar surface area (TPSA) is 21.3 Å². The van der Waals surface area contributed by atoms with Crippen molar-refractivity contribution in [1.29, 1.82) is 0 Å². The molecular formula is C30H18N2O. The molecule has 3 nitrogen and oxygen atoms in total. The molecule has 0 N–H and O–H groups in total. The smallest absolute Gasteiger partial charge is 0.137 e. The molecule has 3 heteroatoms. The highest BCUT2D eigenvalue weighted by molar-refractivity contribution is 6.26. The standard InChI is InChI=1S/C30H18N2O/c1-2-9-19(10-3-1)31-23-13-5-6-14-24(23)32-29-20(12-8-15-25(29)31)21-17-18-27-28(30(21)32)22-11-4-7-16-26(22)33-27/h1-18H. The fraction of sp³-hybridized carbons (Fsp3) is 0. The second-order valence-electron chi connectivity index (χ2n) is 8.60. The SMILES string of the molecule is c1ccc(N2c3ccccc3-n3c4c2cccc4c2ccc4oc5ccccc5c4c23)cc1. The van der Waals surface area contributed by atoms with Crippen LogP contribution in [0.5, 0.6) is 0 Å². The third-order valence-electron chi connectivity index (χ3n) is 6.89. The molecule has 0 spiro atoms. The fourth-order valence-electron chi connectivity index (χ4n) is 5.59. The minimum atomic E-state index is 0.923. The molecule has 2 aromatic heterocycles. The molecule has 0 atom stereocenters. The summed E-state index contributed by atoms with van der Waals surface area (Å²) in [6, 6.07) is 38.6. The van der Waals surface area contributed by atoms with Crippen LogP contribution in [0.15, 0.2) is 114 Å². The van der Waals surface area contributed by atoms with Gasteiger partial charge >= 0.3 is 0 Å². The maximum Gasteiger partial charge on any atom is 0.137 e. The minimum Gasteiger partial charge on any atom is -0.456 e. The molecule has 1 aliphatic heterocycles. The second-order valence-corrected chi connectivity index (χ2v) is 8.60. The lowest BCUT2D eigenvalue weighted by Gasteiger charge is -2.33. The number of nitrogens with zero attached hydrogens (tertiary/aromatic N) is 2. The molecule has 0 amide bonds. The average molecular weight is 422 g/mol. The summed E-state index contributed by atoms with van der Waals surface area (Å²) in [6.07, 6.45) is 0. The Bertz CT molecular complexity index is 1870. The van der Waals surface area contributed by atoms with Gasteiger partial charge in [0.15, 0.2) is 0 Å². The normalized spacial score (nSPS) is 12.8. The number of hydrogen-bond acceptors (Lipinski definition) is 2. The third-order valence-corrected chi connectivity index (χ3v) is 6.89. The van der Waals surface area contributed by atoms with Crippen molar-refractivity contribution >= 4 is 60.8 Å². The number of fused-ring (bicyclic) bond motifs is 9. The highest BCUT2D eigenvalue weighted by Gasteiger charge is 2.29. The zero-order valence-electron chi connectivity index (χ0n) is 17.7. The maximum absolute atomic E-state index is 6.26. The number of furan rings is 1. The molecule has 8 rings (SSSR count). The molecular weight excluding hydrogens is 404 g/mol. The predicted molar refractivity (Wildman–Crippen MR) is 136 cm³/mol. The first kappa shape index (κ1) is 17.1. The molecule has 154 valence electrons. The van der Waals surface area contributed by atoms with E-state index >= 15 is 0 Å². The van der Waals surface area contributed by atoms with Crippen molar-refractivity contribution in [2.24, 2.45) is 0 Å². The van der Waals surface area contributed by atoms with Crippen LogP contribution in [0.1, 0.15) is 0 Å². The highest BCUT2D eigenvalue weighted by Crippen LogP contribution is 2.51. The van der Waals surface area contributed by atoms with Crippen LogP contribution in [-0.4, -0.2) is 4.57 Å². The van der Waals surface area contributed by atoms with Crippen LogP contribution in [0, 0.1) is 0 Å². The highest BCUT2D eigenvalue weighted by atomic mass is 16.3. The Labute approximate surface area is 189 Å². The van der Waals surface area contributed by atoms with Crippen LogP contribution in [-0.2, 0) is 0 Å². The summed E-state index contributed by atoms with van der Waals surface area (Å²) in [4.78, 5) is 2.38. The molecule has 0 aliphatic carbocycles. The summed E-state index contributed by atoms with van der Waals surface area (Å²) in [5, 5.41) is 4.83. The van der Waals surface area contributed by atoms with Gasteiger partial charge in [0.25, 0.3) is 0 Å². The second kappa shape index (κ2) is 6.05. The van der Waals surface area contributed by atoms with Crippen LogP contribution in [0.4, 0.5) is 17.1 Å². The van der Waals surface area contributed by atoms with E-state index in [1.54, 1.807) is 0 Å². The Morgan fingerprint density at radius 3 is 2.06 bits per heavy atom. The molecule has 0 bridgehead atoms. The Balaban J connectivity index is 1.64. The molecule has 1 aliphatic rings. The summed E-state index contributed by atoms with van der Waals surface area (Å²) in [6.45, 7) is 0.